The van der Waals surface area contributed by atoms with Crippen LogP contribution in [-0.2, 0) is 11.2 Å². The molecule has 1 unspecified atom stereocenters. The minimum absolute atomic E-state index is 0.0269. The average molecular weight is 578 g/mol. The molecule has 1 aromatic heterocycles. The van der Waals surface area contributed by atoms with Gasteiger partial charge in [-0.25, -0.2) is 4.98 Å². The zero-order valence-electron chi connectivity index (χ0n) is 23.4. The number of rotatable bonds is 11. The minimum Gasteiger partial charge on any atom is -0.481 e. The first-order chi connectivity index (χ1) is 20.3. The number of aromatic nitrogens is 1. The summed E-state index contributed by atoms with van der Waals surface area (Å²) < 4.78 is 0.933. The number of hydrogen-bond acceptors (Lipinski definition) is 6. The number of ketones is 1. The number of aryl methyl sites for hydroxylation is 1. The van der Waals surface area contributed by atoms with Crippen LogP contribution in [-0.4, -0.2) is 46.7 Å². The topological polar surface area (TPSA) is 99.6 Å². The van der Waals surface area contributed by atoms with Crippen LogP contribution in [0.15, 0.2) is 97.1 Å². The Morgan fingerprint density at radius 3 is 2.14 bits per heavy atom. The summed E-state index contributed by atoms with van der Waals surface area (Å²) in [6.07, 6.45) is 1.01. The molecule has 0 bridgehead atoms. The summed E-state index contributed by atoms with van der Waals surface area (Å²) in [5, 5.41) is 13.7. The smallest absolute Gasteiger partial charge is 0.306 e. The van der Waals surface area contributed by atoms with Gasteiger partial charge in [0.1, 0.15) is 0 Å². The standard InChI is InChI=1S/C34H31N3O4S/c1-37(2)32(39)26-16-19-29-31(21-26)42-34(36-29)35-28-17-14-24(15-18-28)23-10-12-25(13-11-23)30(38)20-27(33(40)41)9-8-22-6-4-3-5-7-22/h3-7,10-19,21,27H,8-9,20H2,1-2H3,(H,35,36)(H,40,41). The third-order valence-corrected chi connectivity index (χ3v) is 8.06. The van der Waals surface area contributed by atoms with E-state index in [0.717, 1.165) is 37.7 Å². The van der Waals surface area contributed by atoms with Crippen LogP contribution in [0.2, 0.25) is 0 Å². The number of anilines is 2. The number of carbonyl (C=O) groups is 3. The van der Waals surface area contributed by atoms with E-state index in [1.165, 1.54) is 11.3 Å². The lowest BCUT2D eigenvalue weighted by Crippen LogP contribution is -2.21. The van der Waals surface area contributed by atoms with Gasteiger partial charge in [0, 0.05) is 37.3 Å². The summed E-state index contributed by atoms with van der Waals surface area (Å²) in [7, 11) is 3.46. The van der Waals surface area contributed by atoms with Crippen molar-refractivity contribution in [1.29, 1.82) is 0 Å². The lowest BCUT2D eigenvalue weighted by Gasteiger charge is -2.12. The average Bonchev–Trinajstić information content (AvgIpc) is 3.41. The first-order valence-corrected chi connectivity index (χ1v) is 14.5. The highest BCUT2D eigenvalue weighted by atomic mass is 32.1. The van der Waals surface area contributed by atoms with Crippen LogP contribution in [0.4, 0.5) is 10.8 Å². The van der Waals surface area contributed by atoms with Crippen molar-refractivity contribution < 1.29 is 19.5 Å². The summed E-state index contributed by atoms with van der Waals surface area (Å²) in [6, 6.07) is 30.4. The molecular formula is C34H31N3O4S. The zero-order chi connectivity index (χ0) is 29.6. The van der Waals surface area contributed by atoms with E-state index in [2.05, 4.69) is 10.3 Å². The summed E-state index contributed by atoms with van der Waals surface area (Å²) in [4.78, 5) is 43.2. The second kappa shape index (κ2) is 12.8. The quantitative estimate of drug-likeness (QED) is 0.160. The molecule has 4 aromatic carbocycles. The van der Waals surface area contributed by atoms with Crippen LogP contribution < -0.4 is 5.32 Å². The molecule has 0 fully saturated rings. The Morgan fingerprint density at radius 2 is 1.50 bits per heavy atom. The number of benzene rings is 4. The maximum absolute atomic E-state index is 12.9. The number of nitrogens with zero attached hydrogens (tertiary/aromatic N) is 2. The van der Waals surface area contributed by atoms with Gasteiger partial charge in [0.2, 0.25) is 0 Å². The van der Waals surface area contributed by atoms with Gasteiger partial charge in [0.15, 0.2) is 10.9 Å². The molecule has 8 heteroatoms. The van der Waals surface area contributed by atoms with Crippen LogP contribution in [0.3, 0.4) is 0 Å². The Morgan fingerprint density at radius 1 is 0.857 bits per heavy atom. The molecule has 7 nitrogen and oxygen atoms in total. The van der Waals surface area contributed by atoms with E-state index in [1.54, 1.807) is 37.2 Å². The monoisotopic (exact) mass is 577 g/mol. The van der Waals surface area contributed by atoms with E-state index in [4.69, 9.17) is 0 Å². The highest BCUT2D eigenvalue weighted by Crippen LogP contribution is 2.30. The summed E-state index contributed by atoms with van der Waals surface area (Å²) in [5.41, 5.74) is 5.85. The fourth-order valence-electron chi connectivity index (χ4n) is 4.73. The Balaban J connectivity index is 1.20. The second-order valence-electron chi connectivity index (χ2n) is 10.4. The highest BCUT2D eigenvalue weighted by Gasteiger charge is 2.22. The van der Waals surface area contributed by atoms with Crippen molar-refractivity contribution in [3.63, 3.8) is 0 Å². The molecule has 1 amide bonds. The van der Waals surface area contributed by atoms with Crippen LogP contribution in [0.1, 0.15) is 39.1 Å². The third-order valence-electron chi connectivity index (χ3n) is 7.12. The number of hydrogen-bond donors (Lipinski definition) is 2. The Hall–Kier alpha value is -4.82. The number of aliphatic carboxylic acids is 1. The number of amides is 1. The van der Waals surface area contributed by atoms with Gasteiger partial charge in [0.25, 0.3) is 5.91 Å². The van der Waals surface area contributed by atoms with E-state index in [-0.39, 0.29) is 18.1 Å². The number of carbonyl (C=O) groups excluding carboxylic acids is 2. The molecule has 0 spiro atoms. The van der Waals surface area contributed by atoms with Crippen molar-refractivity contribution in [3.05, 3.63) is 114 Å². The second-order valence-corrected chi connectivity index (χ2v) is 11.4. The number of nitrogens with one attached hydrogen (secondary N) is 1. The summed E-state index contributed by atoms with van der Waals surface area (Å²) >= 11 is 1.49. The van der Waals surface area contributed by atoms with Gasteiger partial charge in [-0.15, -0.1) is 0 Å². The van der Waals surface area contributed by atoms with E-state index in [0.29, 0.717) is 24.0 Å². The molecular weight excluding hydrogens is 546 g/mol. The summed E-state index contributed by atoms with van der Waals surface area (Å²) in [5.74, 6) is -1.89. The minimum atomic E-state index is -0.945. The molecule has 0 aliphatic rings. The van der Waals surface area contributed by atoms with Crippen molar-refractivity contribution in [3.8, 4) is 11.1 Å². The molecule has 0 saturated heterocycles. The molecule has 5 aromatic rings. The van der Waals surface area contributed by atoms with Gasteiger partial charge in [0.05, 0.1) is 16.1 Å². The van der Waals surface area contributed by atoms with Crippen molar-refractivity contribution in [1.82, 2.24) is 9.88 Å². The Kier molecular flexibility index (Phi) is 8.74. The van der Waals surface area contributed by atoms with E-state index >= 15 is 0 Å². The molecule has 0 saturated carbocycles. The SMILES string of the molecule is CN(C)C(=O)c1ccc2nc(Nc3ccc(-c4ccc(C(=O)CC(CCc5ccccc5)C(=O)O)cc4)cc3)sc2c1. The maximum atomic E-state index is 12.9. The number of thiazole rings is 1. The normalized spacial score (nSPS) is 11.7. The maximum Gasteiger partial charge on any atom is 0.306 e. The predicted octanol–water partition coefficient (Wildman–Crippen LogP) is 7.32. The van der Waals surface area contributed by atoms with Crippen molar-refractivity contribution >= 4 is 50.0 Å². The van der Waals surface area contributed by atoms with Gasteiger partial charge in [-0.05, 0) is 59.9 Å². The van der Waals surface area contributed by atoms with Gasteiger partial charge in [-0.3, -0.25) is 14.4 Å². The van der Waals surface area contributed by atoms with E-state index in [9.17, 15) is 19.5 Å². The fourth-order valence-corrected chi connectivity index (χ4v) is 5.65. The fraction of sp³-hybridized carbons (Fsp3) is 0.176. The number of carboxylic acid groups (broad SMARTS) is 1. The lowest BCUT2D eigenvalue weighted by molar-refractivity contribution is -0.141. The molecule has 0 aliphatic carbocycles. The molecule has 1 heterocycles. The first-order valence-electron chi connectivity index (χ1n) is 13.7. The van der Waals surface area contributed by atoms with Gasteiger partial charge < -0.3 is 15.3 Å². The van der Waals surface area contributed by atoms with Gasteiger partial charge in [-0.1, -0.05) is 78.1 Å². The van der Waals surface area contributed by atoms with Crippen molar-refractivity contribution in [2.75, 3.05) is 19.4 Å². The van der Waals surface area contributed by atoms with E-state index in [1.807, 2.05) is 78.9 Å². The van der Waals surface area contributed by atoms with Crippen LogP contribution in [0.5, 0.6) is 0 Å². The van der Waals surface area contributed by atoms with Crippen LogP contribution in [0.25, 0.3) is 21.3 Å². The third kappa shape index (κ3) is 6.90. The predicted molar refractivity (Wildman–Crippen MR) is 168 cm³/mol. The number of fused-ring (bicyclic) bond motifs is 1. The number of Topliss-reactive ketones (excluding diaryl/α,β-unsaturated/α-hetero) is 1. The molecule has 42 heavy (non-hydrogen) atoms. The molecule has 1 atom stereocenters. The largest absolute Gasteiger partial charge is 0.481 e. The summed E-state index contributed by atoms with van der Waals surface area (Å²) in [6.45, 7) is 0. The molecule has 0 radical (unpaired) electrons. The van der Waals surface area contributed by atoms with Gasteiger partial charge in [-0.2, -0.15) is 0 Å². The molecule has 0 aliphatic heterocycles. The van der Waals surface area contributed by atoms with Crippen molar-refractivity contribution in [2.45, 2.75) is 19.3 Å². The first kappa shape index (κ1) is 28.7. The number of carboxylic acids is 1. The Labute approximate surface area is 248 Å². The molecule has 2 N–H and O–H groups in total. The molecule has 5 rings (SSSR count). The molecule has 212 valence electrons. The van der Waals surface area contributed by atoms with Crippen LogP contribution >= 0.6 is 11.3 Å². The van der Waals surface area contributed by atoms with E-state index < -0.39 is 11.9 Å². The highest BCUT2D eigenvalue weighted by molar-refractivity contribution is 7.22. The lowest BCUT2D eigenvalue weighted by atomic mass is 9.92. The van der Waals surface area contributed by atoms with Crippen LogP contribution in [0, 0.1) is 5.92 Å². The van der Waals surface area contributed by atoms with Crippen molar-refractivity contribution in [2.24, 2.45) is 5.92 Å². The van der Waals surface area contributed by atoms with Gasteiger partial charge >= 0.3 is 5.97 Å². The zero-order valence-corrected chi connectivity index (χ0v) is 24.2. The Bertz CT molecular complexity index is 1710.